The minimum atomic E-state index is 0.143. The fraction of sp³-hybridized carbons (Fsp3) is 0.462. The van der Waals surface area contributed by atoms with Crippen molar-refractivity contribution in [3.63, 3.8) is 0 Å². The first kappa shape index (κ1) is 15.7. The second-order valence-corrected chi connectivity index (χ2v) is 6.17. The first-order valence-corrected chi connectivity index (χ1v) is 7.97. The molecule has 1 unspecified atom stereocenters. The monoisotopic (exact) mass is 405 g/mol. The van der Waals surface area contributed by atoms with E-state index in [0.717, 1.165) is 23.8 Å². The number of aromatic nitrogens is 4. The van der Waals surface area contributed by atoms with E-state index in [-0.39, 0.29) is 6.04 Å². The molecule has 1 heterocycles. The van der Waals surface area contributed by atoms with Gasteiger partial charge in [0.2, 0.25) is 0 Å². The molecule has 1 atom stereocenters. The van der Waals surface area contributed by atoms with Crippen LogP contribution in [-0.4, -0.2) is 26.8 Å². The molecule has 1 aromatic heterocycles. The maximum Gasteiger partial charge on any atom is 0.176 e. The largest absolute Gasteiger partial charge is 0.310 e. The molecule has 0 bridgehead atoms. The molecule has 0 aliphatic heterocycles. The van der Waals surface area contributed by atoms with Crippen molar-refractivity contribution >= 4 is 34.2 Å². The van der Waals surface area contributed by atoms with Crippen LogP contribution in [0.1, 0.15) is 30.8 Å². The Balaban J connectivity index is 2.24. The normalized spacial score (nSPS) is 12.6. The molecule has 0 aliphatic rings. The Bertz CT molecular complexity index is 572. The van der Waals surface area contributed by atoms with Gasteiger partial charge in [0, 0.05) is 21.1 Å². The van der Waals surface area contributed by atoms with Gasteiger partial charge in [0.15, 0.2) is 5.82 Å². The standard InChI is InChI=1S/C13H17ClIN5/c1-3-6-16-12(8-13-17-19-20(2)18-13)10-7-9(14)4-5-11(10)15/h4-5,7,12,16H,3,6,8H2,1-2H3. The average Bonchev–Trinajstić information content (AvgIpc) is 2.83. The zero-order valence-corrected chi connectivity index (χ0v) is 14.4. The molecule has 20 heavy (non-hydrogen) atoms. The van der Waals surface area contributed by atoms with Crippen molar-refractivity contribution in [2.45, 2.75) is 25.8 Å². The lowest BCUT2D eigenvalue weighted by Crippen LogP contribution is -2.25. The summed E-state index contributed by atoms with van der Waals surface area (Å²) in [5, 5.41) is 16.5. The number of aryl methyl sites for hydroxylation is 1. The van der Waals surface area contributed by atoms with Gasteiger partial charge in [0.05, 0.1) is 7.05 Å². The van der Waals surface area contributed by atoms with Crippen LogP contribution in [0.5, 0.6) is 0 Å². The van der Waals surface area contributed by atoms with Gasteiger partial charge in [0.25, 0.3) is 0 Å². The number of hydrogen-bond acceptors (Lipinski definition) is 4. The Hall–Kier alpha value is -0.730. The number of nitrogens with one attached hydrogen (secondary N) is 1. The van der Waals surface area contributed by atoms with E-state index in [1.54, 1.807) is 7.05 Å². The Labute approximate surface area is 137 Å². The van der Waals surface area contributed by atoms with Crippen molar-refractivity contribution < 1.29 is 0 Å². The van der Waals surface area contributed by atoms with Crippen molar-refractivity contribution in [2.24, 2.45) is 7.05 Å². The summed E-state index contributed by atoms with van der Waals surface area (Å²) < 4.78 is 1.18. The lowest BCUT2D eigenvalue weighted by atomic mass is 10.0. The first-order valence-electron chi connectivity index (χ1n) is 6.51. The van der Waals surface area contributed by atoms with Gasteiger partial charge in [-0.1, -0.05) is 18.5 Å². The van der Waals surface area contributed by atoms with Gasteiger partial charge in [-0.3, -0.25) is 0 Å². The summed E-state index contributed by atoms with van der Waals surface area (Å²) in [5.41, 5.74) is 1.18. The topological polar surface area (TPSA) is 55.6 Å². The van der Waals surface area contributed by atoms with E-state index in [1.807, 2.05) is 18.2 Å². The maximum atomic E-state index is 6.12. The van der Waals surface area contributed by atoms with Crippen LogP contribution in [0.3, 0.4) is 0 Å². The summed E-state index contributed by atoms with van der Waals surface area (Å²) in [6.07, 6.45) is 1.77. The molecule has 7 heteroatoms. The second-order valence-electron chi connectivity index (χ2n) is 4.57. The predicted octanol–water partition coefficient (Wildman–Crippen LogP) is 2.75. The molecule has 108 valence electrons. The van der Waals surface area contributed by atoms with Crippen LogP contribution in [0, 0.1) is 3.57 Å². The number of halogens is 2. The molecule has 1 N–H and O–H groups in total. The van der Waals surface area contributed by atoms with Crippen molar-refractivity contribution in [1.82, 2.24) is 25.5 Å². The van der Waals surface area contributed by atoms with Crippen LogP contribution >= 0.6 is 34.2 Å². The Morgan fingerprint density at radius 3 is 2.90 bits per heavy atom. The van der Waals surface area contributed by atoms with Gasteiger partial charge in [-0.05, 0) is 64.5 Å². The first-order chi connectivity index (χ1) is 9.60. The molecule has 5 nitrogen and oxygen atoms in total. The Kier molecular flexibility index (Phi) is 5.74. The van der Waals surface area contributed by atoms with Gasteiger partial charge in [0.1, 0.15) is 0 Å². The van der Waals surface area contributed by atoms with Gasteiger partial charge in [-0.15, -0.1) is 10.2 Å². The molecule has 0 saturated heterocycles. The molecular weight excluding hydrogens is 389 g/mol. The van der Waals surface area contributed by atoms with E-state index >= 15 is 0 Å². The third-order valence-electron chi connectivity index (χ3n) is 2.91. The third kappa shape index (κ3) is 4.13. The van der Waals surface area contributed by atoms with Gasteiger partial charge in [-0.2, -0.15) is 4.80 Å². The molecule has 0 spiro atoms. The average molecular weight is 406 g/mol. The molecule has 0 amide bonds. The molecule has 2 rings (SSSR count). The number of nitrogens with zero attached hydrogens (tertiary/aromatic N) is 4. The summed E-state index contributed by atoms with van der Waals surface area (Å²) in [4.78, 5) is 1.48. The second kappa shape index (κ2) is 7.33. The van der Waals surface area contributed by atoms with Crippen LogP contribution < -0.4 is 5.32 Å². The minimum absolute atomic E-state index is 0.143. The molecule has 0 saturated carbocycles. The number of hydrogen-bond donors (Lipinski definition) is 1. The van der Waals surface area contributed by atoms with E-state index in [0.29, 0.717) is 6.42 Å². The predicted molar refractivity (Wildman–Crippen MR) is 87.7 cm³/mol. The van der Waals surface area contributed by atoms with Gasteiger partial charge >= 0.3 is 0 Å². The van der Waals surface area contributed by atoms with Crippen LogP contribution in [0.25, 0.3) is 0 Å². The number of benzene rings is 1. The van der Waals surface area contributed by atoms with Crippen molar-refractivity contribution in [1.29, 1.82) is 0 Å². The number of rotatable bonds is 6. The number of tetrazole rings is 1. The summed E-state index contributed by atoms with van der Waals surface area (Å²) in [6, 6.07) is 6.09. The van der Waals surface area contributed by atoms with E-state index in [4.69, 9.17) is 11.6 Å². The van der Waals surface area contributed by atoms with Crippen LogP contribution in [0.4, 0.5) is 0 Å². The van der Waals surface area contributed by atoms with Crippen molar-refractivity contribution in [2.75, 3.05) is 6.54 Å². The summed E-state index contributed by atoms with van der Waals surface area (Å²) in [5.74, 6) is 0.733. The summed E-state index contributed by atoms with van der Waals surface area (Å²) in [6.45, 7) is 3.08. The van der Waals surface area contributed by atoms with E-state index in [9.17, 15) is 0 Å². The van der Waals surface area contributed by atoms with E-state index in [2.05, 4.69) is 50.2 Å². The van der Waals surface area contributed by atoms with Crippen molar-refractivity contribution in [3.05, 3.63) is 38.2 Å². The zero-order chi connectivity index (χ0) is 14.5. The van der Waals surface area contributed by atoms with E-state index in [1.165, 1.54) is 13.9 Å². The molecule has 0 radical (unpaired) electrons. The van der Waals surface area contributed by atoms with Gasteiger partial charge < -0.3 is 5.32 Å². The maximum absolute atomic E-state index is 6.12. The lowest BCUT2D eigenvalue weighted by molar-refractivity contribution is 0.515. The molecule has 2 aromatic rings. The van der Waals surface area contributed by atoms with Gasteiger partial charge in [-0.25, -0.2) is 0 Å². The Morgan fingerprint density at radius 1 is 1.45 bits per heavy atom. The SMILES string of the molecule is CCCNC(Cc1nnn(C)n1)c1cc(Cl)ccc1I. The lowest BCUT2D eigenvalue weighted by Gasteiger charge is -2.19. The fourth-order valence-electron chi connectivity index (χ4n) is 1.98. The molecular formula is C13H17ClIN5. The van der Waals surface area contributed by atoms with Crippen LogP contribution in [0.15, 0.2) is 18.2 Å². The minimum Gasteiger partial charge on any atom is -0.310 e. The third-order valence-corrected chi connectivity index (χ3v) is 4.13. The highest BCUT2D eigenvalue weighted by atomic mass is 127. The molecule has 0 fully saturated rings. The highest BCUT2D eigenvalue weighted by molar-refractivity contribution is 14.1. The molecule has 1 aromatic carbocycles. The Morgan fingerprint density at radius 2 is 2.25 bits per heavy atom. The fourth-order valence-corrected chi connectivity index (χ4v) is 2.87. The van der Waals surface area contributed by atoms with E-state index < -0.39 is 0 Å². The van der Waals surface area contributed by atoms with Crippen LogP contribution in [0.2, 0.25) is 5.02 Å². The summed E-state index contributed by atoms with van der Waals surface area (Å²) >= 11 is 8.45. The highest BCUT2D eigenvalue weighted by Crippen LogP contribution is 2.25. The van der Waals surface area contributed by atoms with Crippen LogP contribution in [-0.2, 0) is 13.5 Å². The highest BCUT2D eigenvalue weighted by Gasteiger charge is 2.17. The molecule has 0 aliphatic carbocycles. The smallest absolute Gasteiger partial charge is 0.176 e. The summed E-state index contributed by atoms with van der Waals surface area (Å²) in [7, 11) is 1.77. The zero-order valence-electron chi connectivity index (χ0n) is 11.5. The quantitative estimate of drug-likeness (QED) is 0.751. The van der Waals surface area contributed by atoms with Crippen molar-refractivity contribution in [3.8, 4) is 0 Å².